The van der Waals surface area contributed by atoms with Crippen molar-refractivity contribution in [3.8, 4) is 17.5 Å². The minimum Gasteiger partial charge on any atom is -0.444 e. The number of nitriles is 1. The van der Waals surface area contributed by atoms with Crippen molar-refractivity contribution in [2.75, 3.05) is 6.54 Å². The van der Waals surface area contributed by atoms with Crippen molar-refractivity contribution < 1.29 is 8.81 Å². The molecule has 0 aliphatic heterocycles. The fourth-order valence-corrected chi connectivity index (χ4v) is 2.64. The number of halogens is 2. The second kappa shape index (κ2) is 11.3. The Morgan fingerprint density at radius 1 is 1.20 bits per heavy atom. The normalized spacial score (nSPS) is 10.8. The number of hydrogen-bond donors (Lipinski definition) is 2. The van der Waals surface area contributed by atoms with E-state index in [0.717, 1.165) is 11.3 Å². The van der Waals surface area contributed by atoms with E-state index in [9.17, 15) is 4.39 Å². The van der Waals surface area contributed by atoms with Crippen LogP contribution in [-0.2, 0) is 13.1 Å². The third-order valence-corrected chi connectivity index (χ3v) is 4.22. The maximum atomic E-state index is 14.0. The number of aliphatic imine (C=N–C) groups is 1. The summed E-state index contributed by atoms with van der Waals surface area (Å²) in [4.78, 5) is 8.89. The van der Waals surface area contributed by atoms with E-state index < -0.39 is 5.82 Å². The number of nitrogens with zero attached hydrogens (tertiary/aromatic N) is 3. The quantitative estimate of drug-likeness (QED) is 0.284. The van der Waals surface area contributed by atoms with E-state index in [1.165, 1.54) is 11.6 Å². The zero-order valence-corrected chi connectivity index (χ0v) is 19.1. The Labute approximate surface area is 192 Å². The van der Waals surface area contributed by atoms with Crippen LogP contribution in [0.15, 0.2) is 58.1 Å². The first-order chi connectivity index (χ1) is 14.1. The van der Waals surface area contributed by atoms with Gasteiger partial charge in [-0.1, -0.05) is 23.8 Å². The molecule has 0 saturated heterocycles. The lowest BCUT2D eigenvalue weighted by Gasteiger charge is -2.10. The molecular formula is C22H23FIN5O. The van der Waals surface area contributed by atoms with Crippen LogP contribution >= 0.6 is 24.0 Å². The third kappa shape index (κ3) is 6.29. The number of rotatable bonds is 6. The molecule has 156 valence electrons. The average Bonchev–Trinajstić information content (AvgIpc) is 3.20. The zero-order valence-electron chi connectivity index (χ0n) is 16.8. The first kappa shape index (κ1) is 23.3. The summed E-state index contributed by atoms with van der Waals surface area (Å²) in [5, 5.41) is 15.1. The van der Waals surface area contributed by atoms with Crippen LogP contribution in [-0.4, -0.2) is 17.5 Å². The Kier molecular flexibility index (Phi) is 8.80. The highest BCUT2D eigenvalue weighted by Crippen LogP contribution is 2.19. The number of nitrogens with one attached hydrogen (secondary N) is 2. The molecule has 1 heterocycles. The summed E-state index contributed by atoms with van der Waals surface area (Å²) in [7, 11) is 0. The third-order valence-electron chi connectivity index (χ3n) is 4.22. The summed E-state index contributed by atoms with van der Waals surface area (Å²) >= 11 is 0. The molecule has 0 saturated carbocycles. The summed E-state index contributed by atoms with van der Waals surface area (Å²) in [5.41, 5.74) is 3.53. The Hall–Kier alpha value is -2.93. The lowest BCUT2D eigenvalue weighted by molar-refractivity contribution is 0.572. The molecule has 0 amide bonds. The highest BCUT2D eigenvalue weighted by atomic mass is 127. The van der Waals surface area contributed by atoms with Crippen molar-refractivity contribution in [2.24, 2.45) is 4.99 Å². The SMILES string of the molecule is CCNC(=NCc1ccc(C#N)cc1F)NCc1coc(-c2ccc(C)cc2)n1.I. The van der Waals surface area contributed by atoms with Gasteiger partial charge in [-0.25, -0.2) is 14.4 Å². The molecule has 6 nitrogen and oxygen atoms in total. The minimum atomic E-state index is -0.442. The van der Waals surface area contributed by atoms with Gasteiger partial charge in [-0.3, -0.25) is 0 Å². The summed E-state index contributed by atoms with van der Waals surface area (Å²) < 4.78 is 19.6. The molecule has 3 rings (SSSR count). The Morgan fingerprint density at radius 3 is 2.63 bits per heavy atom. The molecule has 0 aliphatic carbocycles. The first-order valence-electron chi connectivity index (χ1n) is 9.31. The Bertz CT molecular complexity index is 1040. The fraction of sp³-hybridized carbons (Fsp3) is 0.227. The molecule has 0 unspecified atom stereocenters. The van der Waals surface area contributed by atoms with E-state index in [1.807, 2.05) is 44.2 Å². The van der Waals surface area contributed by atoms with Crippen molar-refractivity contribution >= 4 is 29.9 Å². The minimum absolute atomic E-state index is 0. The number of guanidine groups is 1. The standard InChI is InChI=1S/C22H22FN5O.HI/c1-3-25-22(26-12-18-9-6-16(11-24)10-20(18)23)27-13-19-14-29-21(28-19)17-7-4-15(2)5-8-17;/h4-10,14H,3,12-13H2,1-2H3,(H2,25,26,27);1H. The topological polar surface area (TPSA) is 86.2 Å². The molecule has 0 atom stereocenters. The van der Waals surface area contributed by atoms with E-state index in [0.29, 0.717) is 30.5 Å². The van der Waals surface area contributed by atoms with Gasteiger partial charge in [0.05, 0.1) is 30.4 Å². The molecule has 30 heavy (non-hydrogen) atoms. The van der Waals surface area contributed by atoms with Gasteiger partial charge in [-0.05, 0) is 38.1 Å². The molecule has 2 N–H and O–H groups in total. The van der Waals surface area contributed by atoms with Crippen LogP contribution in [0.5, 0.6) is 0 Å². The zero-order chi connectivity index (χ0) is 20.6. The van der Waals surface area contributed by atoms with Crippen LogP contribution in [0.1, 0.15) is 29.3 Å². The van der Waals surface area contributed by atoms with Gasteiger partial charge in [0.25, 0.3) is 0 Å². The molecule has 0 fully saturated rings. The van der Waals surface area contributed by atoms with Gasteiger partial charge >= 0.3 is 0 Å². The van der Waals surface area contributed by atoms with Crippen molar-refractivity contribution in [2.45, 2.75) is 26.9 Å². The second-order valence-corrected chi connectivity index (χ2v) is 6.48. The lowest BCUT2D eigenvalue weighted by atomic mass is 10.1. The number of aryl methyl sites for hydroxylation is 1. The van der Waals surface area contributed by atoms with E-state index in [4.69, 9.17) is 9.68 Å². The highest BCUT2D eigenvalue weighted by Gasteiger charge is 2.08. The number of aromatic nitrogens is 1. The largest absolute Gasteiger partial charge is 0.444 e. The summed E-state index contributed by atoms with van der Waals surface area (Å²) in [6, 6.07) is 14.2. The van der Waals surface area contributed by atoms with E-state index >= 15 is 0 Å². The van der Waals surface area contributed by atoms with Crippen molar-refractivity contribution in [1.29, 1.82) is 5.26 Å². The second-order valence-electron chi connectivity index (χ2n) is 6.48. The fourth-order valence-electron chi connectivity index (χ4n) is 2.64. The van der Waals surface area contributed by atoms with Crippen LogP contribution in [0.2, 0.25) is 0 Å². The Morgan fingerprint density at radius 2 is 1.97 bits per heavy atom. The lowest BCUT2D eigenvalue weighted by Crippen LogP contribution is -2.36. The van der Waals surface area contributed by atoms with E-state index in [2.05, 4.69) is 20.6 Å². The molecule has 2 aromatic carbocycles. The van der Waals surface area contributed by atoms with Gasteiger partial charge < -0.3 is 15.1 Å². The van der Waals surface area contributed by atoms with Gasteiger partial charge in [-0.15, -0.1) is 24.0 Å². The van der Waals surface area contributed by atoms with Crippen LogP contribution in [0.4, 0.5) is 4.39 Å². The van der Waals surface area contributed by atoms with Crippen molar-refractivity contribution in [1.82, 2.24) is 15.6 Å². The molecule has 0 aliphatic rings. The van der Waals surface area contributed by atoms with E-state index in [1.54, 1.807) is 18.4 Å². The van der Waals surface area contributed by atoms with E-state index in [-0.39, 0.29) is 36.1 Å². The molecule has 0 bridgehead atoms. The van der Waals surface area contributed by atoms with Crippen LogP contribution in [0, 0.1) is 24.1 Å². The van der Waals surface area contributed by atoms with Crippen LogP contribution < -0.4 is 10.6 Å². The van der Waals surface area contributed by atoms with Gasteiger partial charge in [0.2, 0.25) is 5.89 Å². The van der Waals surface area contributed by atoms with Gasteiger partial charge in [0, 0.05) is 17.7 Å². The summed E-state index contributed by atoms with van der Waals surface area (Å²) in [6.07, 6.45) is 1.60. The van der Waals surface area contributed by atoms with Gasteiger partial charge in [-0.2, -0.15) is 5.26 Å². The maximum Gasteiger partial charge on any atom is 0.226 e. The number of benzene rings is 2. The monoisotopic (exact) mass is 519 g/mol. The Balaban J connectivity index is 0.00000320. The van der Waals surface area contributed by atoms with Gasteiger partial charge in [0.15, 0.2) is 5.96 Å². The number of oxazole rings is 1. The summed E-state index contributed by atoms with van der Waals surface area (Å²) in [6.45, 7) is 5.21. The average molecular weight is 519 g/mol. The van der Waals surface area contributed by atoms with Crippen molar-refractivity contribution in [3.05, 3.63) is 76.9 Å². The predicted molar refractivity (Wildman–Crippen MR) is 125 cm³/mol. The predicted octanol–water partition coefficient (Wildman–Crippen LogP) is 4.53. The van der Waals surface area contributed by atoms with Crippen LogP contribution in [0.3, 0.4) is 0 Å². The molecule has 8 heteroatoms. The highest BCUT2D eigenvalue weighted by molar-refractivity contribution is 14.0. The summed E-state index contributed by atoms with van der Waals surface area (Å²) in [5.74, 6) is 0.655. The van der Waals surface area contributed by atoms with Gasteiger partial charge in [0.1, 0.15) is 12.1 Å². The molecular weight excluding hydrogens is 496 g/mol. The molecule has 3 aromatic rings. The number of hydrogen-bond acceptors (Lipinski definition) is 4. The molecule has 0 radical (unpaired) electrons. The first-order valence-corrected chi connectivity index (χ1v) is 9.31. The maximum absolute atomic E-state index is 14.0. The molecule has 0 spiro atoms. The van der Waals surface area contributed by atoms with Crippen molar-refractivity contribution in [3.63, 3.8) is 0 Å². The molecule has 1 aromatic heterocycles. The van der Waals surface area contributed by atoms with Crippen LogP contribution in [0.25, 0.3) is 11.5 Å². The smallest absolute Gasteiger partial charge is 0.226 e.